The summed E-state index contributed by atoms with van der Waals surface area (Å²) >= 11 is 0. The van der Waals surface area contributed by atoms with Gasteiger partial charge in [-0.2, -0.15) is 0 Å². The van der Waals surface area contributed by atoms with Crippen LogP contribution in [0.2, 0.25) is 0 Å². The molecule has 0 bridgehead atoms. The molecule has 3 heterocycles. The Morgan fingerprint density at radius 1 is 0.560 bits per heavy atom. The summed E-state index contributed by atoms with van der Waals surface area (Å²) in [7, 11) is 0. The molecule has 0 saturated carbocycles. The minimum Gasteiger partial charge on any atom is -0.456 e. The molecule has 1 atom stereocenters. The summed E-state index contributed by atoms with van der Waals surface area (Å²) in [4.78, 5) is 15.0. The van der Waals surface area contributed by atoms with Crippen molar-refractivity contribution < 1.29 is 4.42 Å². The molecule has 0 aliphatic heterocycles. The maximum atomic E-state index is 6.77. The zero-order valence-electron chi connectivity index (χ0n) is 27.1. The number of allylic oxidation sites excluding steroid dienone is 1. The lowest BCUT2D eigenvalue weighted by Gasteiger charge is -2.19. The van der Waals surface area contributed by atoms with Crippen LogP contribution in [0.1, 0.15) is 22.7 Å². The number of furan rings is 1. The zero-order valence-corrected chi connectivity index (χ0v) is 27.1. The third-order valence-electron chi connectivity index (χ3n) is 9.84. The SMILES string of the molecule is C1=CC(c2cccc3c2oc2cccc(-c4nc(-c5ccccc5)nc(-c5ccccc5)n4)c23)Cc2c1n(-c1ccccc1)c1ccccc21. The predicted molar refractivity (Wildman–Crippen MR) is 202 cm³/mol. The molecule has 5 heteroatoms. The first-order valence-corrected chi connectivity index (χ1v) is 17.0. The van der Waals surface area contributed by atoms with E-state index in [9.17, 15) is 0 Å². The van der Waals surface area contributed by atoms with Gasteiger partial charge in [0.15, 0.2) is 17.5 Å². The average Bonchev–Trinajstić information content (AvgIpc) is 3.74. The first-order chi connectivity index (χ1) is 24.8. The Morgan fingerprint density at radius 2 is 1.18 bits per heavy atom. The van der Waals surface area contributed by atoms with Crippen LogP contribution in [0.3, 0.4) is 0 Å². The smallest absolute Gasteiger partial charge is 0.164 e. The second-order valence-electron chi connectivity index (χ2n) is 12.8. The van der Waals surface area contributed by atoms with E-state index >= 15 is 0 Å². The zero-order chi connectivity index (χ0) is 33.0. The van der Waals surface area contributed by atoms with Crippen LogP contribution in [0, 0.1) is 0 Å². The number of hydrogen-bond donors (Lipinski definition) is 0. The van der Waals surface area contributed by atoms with Crippen molar-refractivity contribution >= 4 is 38.9 Å². The van der Waals surface area contributed by atoms with Gasteiger partial charge in [0, 0.05) is 55.7 Å². The van der Waals surface area contributed by atoms with Crippen molar-refractivity contribution in [1.29, 1.82) is 0 Å². The first-order valence-electron chi connectivity index (χ1n) is 17.0. The van der Waals surface area contributed by atoms with Gasteiger partial charge in [0.25, 0.3) is 0 Å². The summed E-state index contributed by atoms with van der Waals surface area (Å²) in [6, 6.07) is 52.2. The fraction of sp³-hybridized carbons (Fsp3) is 0.0444. The molecule has 1 aliphatic rings. The highest BCUT2D eigenvalue weighted by Crippen LogP contribution is 2.43. The van der Waals surface area contributed by atoms with Gasteiger partial charge in [-0.25, -0.2) is 15.0 Å². The maximum absolute atomic E-state index is 6.77. The molecule has 0 fully saturated rings. The molecule has 0 radical (unpaired) electrons. The minimum absolute atomic E-state index is 0.150. The van der Waals surface area contributed by atoms with Gasteiger partial charge in [0.05, 0.1) is 5.52 Å². The molecule has 0 amide bonds. The number of aromatic nitrogens is 4. The summed E-state index contributed by atoms with van der Waals surface area (Å²) in [5.41, 5.74) is 10.7. The molecule has 236 valence electrons. The van der Waals surface area contributed by atoms with Gasteiger partial charge >= 0.3 is 0 Å². The van der Waals surface area contributed by atoms with E-state index in [1.54, 1.807) is 0 Å². The molecule has 0 N–H and O–H groups in total. The topological polar surface area (TPSA) is 56.7 Å². The van der Waals surface area contributed by atoms with Crippen molar-refractivity contribution in [1.82, 2.24) is 19.5 Å². The minimum atomic E-state index is 0.150. The quantitative estimate of drug-likeness (QED) is 0.187. The number of rotatable bonds is 5. The van der Waals surface area contributed by atoms with E-state index in [1.807, 2.05) is 72.8 Å². The van der Waals surface area contributed by atoms with Crippen molar-refractivity contribution in [2.75, 3.05) is 0 Å². The Hall–Kier alpha value is -6.59. The van der Waals surface area contributed by atoms with E-state index in [2.05, 4.69) is 95.6 Å². The van der Waals surface area contributed by atoms with Crippen LogP contribution >= 0.6 is 0 Å². The Kier molecular flexibility index (Phi) is 6.56. The van der Waals surface area contributed by atoms with Gasteiger partial charge in [-0.05, 0) is 42.3 Å². The van der Waals surface area contributed by atoms with Crippen LogP contribution in [0.4, 0.5) is 0 Å². The van der Waals surface area contributed by atoms with Crippen molar-refractivity contribution in [3.8, 4) is 39.9 Å². The summed E-state index contributed by atoms with van der Waals surface area (Å²) in [6.07, 6.45) is 5.52. The highest BCUT2D eigenvalue weighted by Gasteiger charge is 2.26. The molecule has 1 unspecified atom stereocenters. The lowest BCUT2D eigenvalue weighted by Crippen LogP contribution is -2.07. The summed E-state index contributed by atoms with van der Waals surface area (Å²) in [6.45, 7) is 0. The predicted octanol–water partition coefficient (Wildman–Crippen LogP) is 11.1. The van der Waals surface area contributed by atoms with Crippen LogP contribution in [-0.2, 0) is 6.42 Å². The van der Waals surface area contributed by atoms with Crippen molar-refractivity contribution in [2.45, 2.75) is 12.3 Å². The Bertz CT molecular complexity index is 2670. The number of para-hydroxylation sites is 3. The van der Waals surface area contributed by atoms with Gasteiger partial charge in [-0.1, -0.05) is 133 Å². The molecule has 1 aliphatic carbocycles. The van der Waals surface area contributed by atoms with E-state index in [-0.39, 0.29) is 5.92 Å². The molecule has 0 spiro atoms. The average molecular weight is 643 g/mol. The second kappa shape index (κ2) is 11.5. The van der Waals surface area contributed by atoms with Gasteiger partial charge in [0.2, 0.25) is 0 Å². The number of benzene rings is 6. The van der Waals surface area contributed by atoms with Gasteiger partial charge in [0.1, 0.15) is 11.2 Å². The molecule has 0 saturated heterocycles. The number of fused-ring (bicyclic) bond motifs is 6. The molecule has 3 aromatic heterocycles. The van der Waals surface area contributed by atoms with Crippen LogP contribution in [0.15, 0.2) is 162 Å². The summed E-state index contributed by atoms with van der Waals surface area (Å²) in [5, 5.41) is 3.36. The lowest BCUT2D eigenvalue weighted by molar-refractivity contribution is 0.656. The number of hydrogen-bond acceptors (Lipinski definition) is 4. The van der Waals surface area contributed by atoms with Gasteiger partial charge in [-0.3, -0.25) is 0 Å². The molecule has 6 aromatic carbocycles. The van der Waals surface area contributed by atoms with Crippen LogP contribution in [0.5, 0.6) is 0 Å². The van der Waals surface area contributed by atoms with Crippen LogP contribution < -0.4 is 0 Å². The van der Waals surface area contributed by atoms with E-state index in [0.717, 1.165) is 45.0 Å². The third kappa shape index (κ3) is 4.59. The highest BCUT2D eigenvalue weighted by molar-refractivity contribution is 6.12. The molecule has 9 aromatic rings. The van der Waals surface area contributed by atoms with E-state index in [1.165, 1.54) is 33.4 Å². The molecule has 50 heavy (non-hydrogen) atoms. The van der Waals surface area contributed by atoms with Crippen LogP contribution in [-0.4, -0.2) is 19.5 Å². The van der Waals surface area contributed by atoms with Gasteiger partial charge in [-0.15, -0.1) is 0 Å². The van der Waals surface area contributed by atoms with E-state index in [0.29, 0.717) is 17.5 Å². The van der Waals surface area contributed by atoms with Crippen molar-refractivity contribution in [3.05, 3.63) is 175 Å². The molecular weight excluding hydrogens is 613 g/mol. The van der Waals surface area contributed by atoms with Gasteiger partial charge < -0.3 is 8.98 Å². The van der Waals surface area contributed by atoms with Crippen LogP contribution in [0.25, 0.3) is 78.8 Å². The largest absolute Gasteiger partial charge is 0.456 e. The highest BCUT2D eigenvalue weighted by atomic mass is 16.3. The van der Waals surface area contributed by atoms with Crippen molar-refractivity contribution in [2.24, 2.45) is 0 Å². The molecular formula is C45H30N4O. The Labute approximate surface area is 288 Å². The lowest BCUT2D eigenvalue weighted by atomic mass is 9.86. The Balaban J connectivity index is 1.12. The summed E-state index contributed by atoms with van der Waals surface area (Å²) in [5.74, 6) is 2.04. The van der Waals surface area contributed by atoms with E-state index < -0.39 is 0 Å². The maximum Gasteiger partial charge on any atom is 0.164 e. The fourth-order valence-electron chi connectivity index (χ4n) is 7.56. The third-order valence-corrected chi connectivity index (χ3v) is 9.84. The van der Waals surface area contributed by atoms with E-state index in [4.69, 9.17) is 19.4 Å². The van der Waals surface area contributed by atoms with Crippen molar-refractivity contribution in [3.63, 3.8) is 0 Å². The normalized spacial score (nSPS) is 14.0. The monoisotopic (exact) mass is 642 g/mol. The second-order valence-corrected chi connectivity index (χ2v) is 12.8. The first kappa shape index (κ1) is 28.4. The Morgan fingerprint density at radius 3 is 1.92 bits per heavy atom. The summed E-state index contributed by atoms with van der Waals surface area (Å²) < 4.78 is 9.15. The fourth-order valence-corrected chi connectivity index (χ4v) is 7.56. The standard InChI is InChI=1S/C45H30N4O/c1-4-14-29(15-5-1)43-46-44(30-16-6-2-7-17-30)48-45(47-43)36-23-13-25-40-41(36)35-22-12-21-33(42(35)50-40)31-26-27-39-37(28-31)34-20-10-11-24-38(34)49(39)32-18-8-3-9-19-32/h1-27,31H,28H2. The number of nitrogens with zero attached hydrogens (tertiary/aromatic N) is 4. The molecule has 5 nitrogen and oxygen atoms in total. The molecule has 10 rings (SSSR count).